The zero-order chi connectivity index (χ0) is 15.6. The van der Waals surface area contributed by atoms with Crippen LogP contribution in [0.25, 0.3) is 0 Å². The highest BCUT2D eigenvalue weighted by Crippen LogP contribution is 2.35. The number of carbonyl (C=O) groups excluding carboxylic acids is 1. The maximum atomic E-state index is 12.5. The van der Waals surface area contributed by atoms with Crippen LogP contribution in [-0.2, 0) is 17.8 Å². The average molecular weight is 311 g/mol. The average Bonchev–Trinajstić information content (AvgIpc) is 3.03. The number of aromatic nitrogens is 2. The lowest BCUT2D eigenvalue weighted by Gasteiger charge is -2.28. The van der Waals surface area contributed by atoms with E-state index in [-0.39, 0.29) is 17.9 Å². The van der Waals surface area contributed by atoms with Crippen molar-refractivity contribution in [2.45, 2.75) is 44.2 Å². The molecular formula is C18H21N3O2. The van der Waals surface area contributed by atoms with E-state index in [2.05, 4.69) is 20.9 Å². The molecule has 3 heterocycles. The van der Waals surface area contributed by atoms with Gasteiger partial charge in [-0.3, -0.25) is 4.79 Å². The summed E-state index contributed by atoms with van der Waals surface area (Å²) >= 11 is 0. The summed E-state index contributed by atoms with van der Waals surface area (Å²) in [5, 5.41) is 3.20. The first-order valence-corrected chi connectivity index (χ1v) is 8.30. The quantitative estimate of drug-likeness (QED) is 0.946. The summed E-state index contributed by atoms with van der Waals surface area (Å²) in [5.74, 6) is 2.44. The van der Waals surface area contributed by atoms with Crippen molar-refractivity contribution in [3.63, 3.8) is 0 Å². The lowest BCUT2D eigenvalue weighted by molar-refractivity contribution is -0.122. The number of hydrogen-bond donors (Lipinski definition) is 1. The van der Waals surface area contributed by atoms with Gasteiger partial charge in [0.1, 0.15) is 11.6 Å². The van der Waals surface area contributed by atoms with E-state index in [9.17, 15) is 4.79 Å². The van der Waals surface area contributed by atoms with Crippen molar-refractivity contribution in [2.75, 3.05) is 6.61 Å². The van der Waals surface area contributed by atoms with Crippen LogP contribution in [0.15, 0.2) is 36.7 Å². The molecule has 5 heteroatoms. The minimum Gasteiger partial charge on any atom is -0.493 e. The Bertz CT molecular complexity index is 710. The summed E-state index contributed by atoms with van der Waals surface area (Å²) in [6.07, 6.45) is 7.15. The van der Waals surface area contributed by atoms with Gasteiger partial charge in [-0.15, -0.1) is 0 Å². The highest BCUT2D eigenvalue weighted by Gasteiger charge is 2.25. The van der Waals surface area contributed by atoms with E-state index in [1.807, 2.05) is 30.6 Å². The van der Waals surface area contributed by atoms with Crippen molar-refractivity contribution in [3.05, 3.63) is 48.0 Å². The third kappa shape index (κ3) is 2.96. The van der Waals surface area contributed by atoms with Crippen LogP contribution in [0.2, 0.25) is 0 Å². The molecular weight excluding hydrogens is 290 g/mol. The number of amides is 1. The summed E-state index contributed by atoms with van der Waals surface area (Å²) < 4.78 is 7.81. The Balaban J connectivity index is 1.38. The number of nitrogens with zero attached hydrogens (tertiary/aromatic N) is 2. The molecule has 2 atom stereocenters. The highest BCUT2D eigenvalue weighted by atomic mass is 16.5. The van der Waals surface area contributed by atoms with Crippen LogP contribution in [0.1, 0.15) is 36.6 Å². The van der Waals surface area contributed by atoms with E-state index >= 15 is 0 Å². The Labute approximate surface area is 135 Å². The molecule has 0 saturated carbocycles. The van der Waals surface area contributed by atoms with Crippen molar-refractivity contribution in [3.8, 4) is 5.75 Å². The van der Waals surface area contributed by atoms with Gasteiger partial charge in [0, 0.05) is 37.8 Å². The predicted molar refractivity (Wildman–Crippen MR) is 86.4 cm³/mol. The van der Waals surface area contributed by atoms with Gasteiger partial charge in [-0.05, 0) is 30.4 Å². The molecule has 1 aromatic carbocycles. The van der Waals surface area contributed by atoms with E-state index < -0.39 is 0 Å². The molecule has 0 fully saturated rings. The topological polar surface area (TPSA) is 56.1 Å². The molecule has 2 aliphatic heterocycles. The first-order valence-electron chi connectivity index (χ1n) is 8.30. The second-order valence-corrected chi connectivity index (χ2v) is 6.37. The number of ether oxygens (including phenoxy) is 1. The van der Waals surface area contributed by atoms with E-state index in [0.717, 1.165) is 42.9 Å². The van der Waals surface area contributed by atoms with Crippen LogP contribution >= 0.6 is 0 Å². The van der Waals surface area contributed by atoms with Crippen molar-refractivity contribution in [1.29, 1.82) is 0 Å². The normalized spacial score (nSPS) is 22.6. The van der Waals surface area contributed by atoms with Crippen LogP contribution in [0, 0.1) is 0 Å². The molecule has 1 N–H and O–H groups in total. The zero-order valence-electron chi connectivity index (χ0n) is 13.1. The lowest BCUT2D eigenvalue weighted by Crippen LogP contribution is -2.41. The minimum atomic E-state index is 0.139. The van der Waals surface area contributed by atoms with Crippen molar-refractivity contribution in [1.82, 2.24) is 14.9 Å². The SMILES string of the molecule is O=C(C[C@H]1CCOc2ccccc21)N[C@H]1CCc2nccn2C1. The standard InChI is InChI=1S/C18H21N3O2/c22-18(20-14-5-6-17-19-8-9-21(17)12-14)11-13-7-10-23-16-4-2-1-3-15(13)16/h1-4,8-9,13-14H,5-7,10-12H2,(H,20,22)/t13-,14+/m1/s1. The molecule has 2 aromatic rings. The zero-order valence-corrected chi connectivity index (χ0v) is 13.1. The largest absolute Gasteiger partial charge is 0.493 e. The van der Waals surface area contributed by atoms with Gasteiger partial charge in [-0.25, -0.2) is 4.98 Å². The molecule has 23 heavy (non-hydrogen) atoms. The first kappa shape index (κ1) is 14.3. The highest BCUT2D eigenvalue weighted by molar-refractivity contribution is 5.77. The summed E-state index contributed by atoms with van der Waals surface area (Å²) in [4.78, 5) is 16.8. The maximum absolute atomic E-state index is 12.5. The summed E-state index contributed by atoms with van der Waals surface area (Å²) in [5.41, 5.74) is 1.16. The molecule has 1 aromatic heterocycles. The van der Waals surface area contributed by atoms with Crippen LogP contribution in [0.3, 0.4) is 0 Å². The van der Waals surface area contributed by atoms with Crippen molar-refractivity contribution in [2.24, 2.45) is 0 Å². The Morgan fingerprint density at radius 1 is 1.35 bits per heavy atom. The number of imidazole rings is 1. The lowest BCUT2D eigenvalue weighted by atomic mass is 9.90. The third-order valence-electron chi connectivity index (χ3n) is 4.81. The van der Waals surface area contributed by atoms with Crippen LogP contribution in [0.5, 0.6) is 5.75 Å². The fraction of sp³-hybridized carbons (Fsp3) is 0.444. The number of nitrogens with one attached hydrogen (secondary N) is 1. The van der Waals surface area contributed by atoms with Gasteiger partial charge in [0.05, 0.1) is 6.61 Å². The van der Waals surface area contributed by atoms with Crippen LogP contribution in [0.4, 0.5) is 0 Å². The summed E-state index contributed by atoms with van der Waals surface area (Å²) in [6.45, 7) is 1.52. The van der Waals surface area contributed by atoms with Crippen molar-refractivity contribution >= 4 is 5.91 Å². The number of para-hydroxylation sites is 1. The Kier molecular flexibility index (Phi) is 3.77. The Morgan fingerprint density at radius 3 is 3.22 bits per heavy atom. The molecule has 0 spiro atoms. The van der Waals surface area contributed by atoms with Gasteiger partial charge in [0.15, 0.2) is 0 Å². The number of aryl methyl sites for hydroxylation is 1. The molecule has 0 bridgehead atoms. The second kappa shape index (κ2) is 6.07. The molecule has 1 amide bonds. The summed E-state index contributed by atoms with van der Waals surface area (Å²) in [6, 6.07) is 8.26. The number of fused-ring (bicyclic) bond motifs is 2. The van der Waals surface area contributed by atoms with Gasteiger partial charge in [0.25, 0.3) is 0 Å². The van der Waals surface area contributed by atoms with Gasteiger partial charge >= 0.3 is 0 Å². The molecule has 4 rings (SSSR count). The van der Waals surface area contributed by atoms with Crippen molar-refractivity contribution < 1.29 is 9.53 Å². The van der Waals surface area contributed by atoms with Crippen LogP contribution in [-0.4, -0.2) is 28.1 Å². The monoisotopic (exact) mass is 311 g/mol. The van der Waals surface area contributed by atoms with E-state index in [0.29, 0.717) is 13.0 Å². The molecule has 5 nitrogen and oxygen atoms in total. The molecule has 0 unspecified atom stereocenters. The predicted octanol–water partition coefficient (Wildman–Crippen LogP) is 2.27. The smallest absolute Gasteiger partial charge is 0.220 e. The van der Waals surface area contributed by atoms with E-state index in [4.69, 9.17) is 4.74 Å². The molecule has 0 aliphatic carbocycles. The Morgan fingerprint density at radius 2 is 2.26 bits per heavy atom. The van der Waals surface area contributed by atoms with Crippen LogP contribution < -0.4 is 10.1 Å². The maximum Gasteiger partial charge on any atom is 0.220 e. The molecule has 0 radical (unpaired) electrons. The third-order valence-corrected chi connectivity index (χ3v) is 4.81. The van der Waals surface area contributed by atoms with E-state index in [1.54, 1.807) is 0 Å². The molecule has 2 aliphatic rings. The number of hydrogen-bond acceptors (Lipinski definition) is 3. The Hall–Kier alpha value is -2.30. The minimum absolute atomic E-state index is 0.139. The van der Waals surface area contributed by atoms with E-state index in [1.165, 1.54) is 0 Å². The first-order chi connectivity index (χ1) is 11.3. The van der Waals surface area contributed by atoms with Gasteiger partial charge in [-0.1, -0.05) is 18.2 Å². The number of rotatable bonds is 3. The molecule has 120 valence electrons. The number of carbonyl (C=O) groups is 1. The van der Waals surface area contributed by atoms with Gasteiger partial charge in [0.2, 0.25) is 5.91 Å². The molecule has 0 saturated heterocycles. The fourth-order valence-electron chi connectivity index (χ4n) is 3.62. The fourth-order valence-corrected chi connectivity index (χ4v) is 3.62. The van der Waals surface area contributed by atoms with Gasteiger partial charge in [-0.2, -0.15) is 0 Å². The second-order valence-electron chi connectivity index (χ2n) is 6.37. The van der Waals surface area contributed by atoms with Gasteiger partial charge < -0.3 is 14.6 Å². The summed E-state index contributed by atoms with van der Waals surface area (Å²) in [7, 11) is 0. The number of benzene rings is 1.